The Morgan fingerprint density at radius 2 is 2.00 bits per heavy atom. The predicted molar refractivity (Wildman–Crippen MR) is 58.0 cm³/mol. The molecule has 1 rings (SSSR count). The molecule has 0 aliphatic carbocycles. The number of hydrogen-bond acceptors (Lipinski definition) is 2. The molecule has 1 N–H and O–H groups in total. The van der Waals surface area contributed by atoms with Crippen LogP contribution in [-0.4, -0.2) is 18.2 Å². The van der Waals surface area contributed by atoms with Gasteiger partial charge in [-0.15, -0.1) is 0 Å². The van der Waals surface area contributed by atoms with E-state index in [1.54, 1.807) is 6.92 Å². The van der Waals surface area contributed by atoms with Crippen molar-refractivity contribution >= 4 is 5.97 Å². The number of rotatable bonds is 5. The molecule has 0 heterocycles. The third-order valence-corrected chi connectivity index (χ3v) is 2.59. The van der Waals surface area contributed by atoms with Crippen LogP contribution in [0.25, 0.3) is 0 Å². The van der Waals surface area contributed by atoms with E-state index in [9.17, 15) is 13.6 Å². The van der Waals surface area contributed by atoms with E-state index in [1.165, 1.54) is 7.11 Å². The van der Waals surface area contributed by atoms with Crippen LogP contribution in [0.15, 0.2) is 12.1 Å². The molecule has 5 heteroatoms. The molecular weight excluding hydrogens is 230 g/mol. The second-order valence-electron chi connectivity index (χ2n) is 3.86. The summed E-state index contributed by atoms with van der Waals surface area (Å²) in [6.07, 6.45) is 0.671. The van der Waals surface area contributed by atoms with Crippen molar-refractivity contribution in [1.82, 2.24) is 0 Å². The first-order valence-electron chi connectivity index (χ1n) is 5.20. The number of carbonyl (C=O) groups is 1. The predicted octanol–water partition coefficient (Wildman–Crippen LogP) is 2.63. The van der Waals surface area contributed by atoms with Crippen LogP contribution in [0.3, 0.4) is 0 Å². The highest BCUT2D eigenvalue weighted by atomic mass is 19.2. The first-order chi connectivity index (χ1) is 7.95. The van der Waals surface area contributed by atoms with Crippen molar-refractivity contribution < 1.29 is 23.4 Å². The van der Waals surface area contributed by atoms with Crippen LogP contribution < -0.4 is 4.74 Å². The molecule has 0 radical (unpaired) electrons. The largest absolute Gasteiger partial charge is 0.496 e. The van der Waals surface area contributed by atoms with Gasteiger partial charge in [-0.3, -0.25) is 4.79 Å². The number of carboxylic acid groups (broad SMARTS) is 1. The Morgan fingerprint density at radius 1 is 1.41 bits per heavy atom. The van der Waals surface area contributed by atoms with E-state index in [1.807, 2.05) is 0 Å². The summed E-state index contributed by atoms with van der Waals surface area (Å²) < 4.78 is 30.9. The number of aryl methyl sites for hydroxylation is 1. The number of hydrogen-bond donors (Lipinski definition) is 1. The summed E-state index contributed by atoms with van der Waals surface area (Å²) in [7, 11) is 1.36. The van der Waals surface area contributed by atoms with Crippen molar-refractivity contribution in [3.63, 3.8) is 0 Å². The Balaban J connectivity index is 2.83. The zero-order valence-corrected chi connectivity index (χ0v) is 9.67. The second kappa shape index (κ2) is 5.61. The first kappa shape index (κ1) is 13.4. The summed E-state index contributed by atoms with van der Waals surface area (Å²) in [5.41, 5.74) is 0.472. The number of aliphatic carboxylic acids is 1. The van der Waals surface area contributed by atoms with E-state index in [0.29, 0.717) is 18.4 Å². The van der Waals surface area contributed by atoms with E-state index < -0.39 is 23.5 Å². The van der Waals surface area contributed by atoms with Crippen molar-refractivity contribution in [3.8, 4) is 5.75 Å². The van der Waals surface area contributed by atoms with Crippen molar-refractivity contribution in [2.24, 2.45) is 5.92 Å². The first-order valence-corrected chi connectivity index (χ1v) is 5.20. The Bertz CT molecular complexity index is 418. The molecule has 0 aliphatic heterocycles. The van der Waals surface area contributed by atoms with Gasteiger partial charge in [-0.25, -0.2) is 8.78 Å². The normalized spacial score (nSPS) is 12.2. The zero-order valence-electron chi connectivity index (χ0n) is 9.67. The molecule has 0 saturated heterocycles. The maximum absolute atomic E-state index is 13.0. The molecule has 1 unspecified atom stereocenters. The quantitative estimate of drug-likeness (QED) is 0.866. The number of ether oxygens (including phenoxy) is 1. The van der Waals surface area contributed by atoms with Gasteiger partial charge in [0.1, 0.15) is 5.75 Å². The van der Waals surface area contributed by atoms with Crippen molar-refractivity contribution in [2.75, 3.05) is 7.11 Å². The van der Waals surface area contributed by atoms with E-state index in [0.717, 1.165) is 12.1 Å². The third-order valence-electron chi connectivity index (χ3n) is 2.59. The standard InChI is InChI=1S/C12H14F2O3/c1-7(12(15)16)3-4-8-5-9(13)10(14)6-11(8)17-2/h5-7H,3-4H2,1-2H3,(H,15,16). The molecule has 0 amide bonds. The van der Waals surface area contributed by atoms with Gasteiger partial charge in [0.05, 0.1) is 13.0 Å². The maximum Gasteiger partial charge on any atom is 0.306 e. The smallest absolute Gasteiger partial charge is 0.306 e. The van der Waals surface area contributed by atoms with Gasteiger partial charge in [-0.2, -0.15) is 0 Å². The van der Waals surface area contributed by atoms with Gasteiger partial charge in [0, 0.05) is 6.07 Å². The minimum absolute atomic E-state index is 0.237. The van der Waals surface area contributed by atoms with Crippen LogP contribution in [0.1, 0.15) is 18.9 Å². The van der Waals surface area contributed by atoms with Gasteiger partial charge in [0.25, 0.3) is 0 Å². The molecule has 1 aromatic carbocycles. The molecule has 0 fully saturated rings. The van der Waals surface area contributed by atoms with Crippen LogP contribution in [0.4, 0.5) is 8.78 Å². The van der Waals surface area contributed by atoms with Gasteiger partial charge in [0.2, 0.25) is 0 Å². The molecule has 0 aliphatic rings. The van der Waals surface area contributed by atoms with E-state index in [-0.39, 0.29) is 5.75 Å². The number of carboxylic acids is 1. The molecule has 0 spiro atoms. The molecule has 17 heavy (non-hydrogen) atoms. The highest BCUT2D eigenvalue weighted by molar-refractivity contribution is 5.69. The molecule has 0 bridgehead atoms. The lowest BCUT2D eigenvalue weighted by molar-refractivity contribution is -0.141. The number of benzene rings is 1. The summed E-state index contributed by atoms with van der Waals surface area (Å²) in [5.74, 6) is -3.14. The fourth-order valence-corrected chi connectivity index (χ4v) is 1.45. The molecule has 94 valence electrons. The SMILES string of the molecule is COc1cc(F)c(F)cc1CCC(C)C(=O)O. The van der Waals surface area contributed by atoms with Gasteiger partial charge < -0.3 is 9.84 Å². The van der Waals surface area contributed by atoms with Crippen molar-refractivity contribution in [3.05, 3.63) is 29.3 Å². The average molecular weight is 244 g/mol. The molecule has 1 atom stereocenters. The summed E-state index contributed by atoms with van der Waals surface area (Å²) in [4.78, 5) is 10.6. The summed E-state index contributed by atoms with van der Waals surface area (Å²) in [6, 6.07) is 2.01. The van der Waals surface area contributed by atoms with Crippen LogP contribution in [0.5, 0.6) is 5.75 Å². The average Bonchev–Trinajstić information content (AvgIpc) is 2.29. The van der Waals surface area contributed by atoms with Crippen LogP contribution >= 0.6 is 0 Å². The zero-order chi connectivity index (χ0) is 13.0. The molecule has 1 aromatic rings. The number of halogens is 2. The van der Waals surface area contributed by atoms with Crippen molar-refractivity contribution in [2.45, 2.75) is 19.8 Å². The lowest BCUT2D eigenvalue weighted by Crippen LogP contribution is -2.10. The Hall–Kier alpha value is -1.65. The molecule has 3 nitrogen and oxygen atoms in total. The summed E-state index contributed by atoms with van der Waals surface area (Å²) in [6.45, 7) is 1.56. The third kappa shape index (κ3) is 3.41. The van der Waals surface area contributed by atoms with Crippen molar-refractivity contribution in [1.29, 1.82) is 0 Å². The lowest BCUT2D eigenvalue weighted by Gasteiger charge is -2.10. The fourth-order valence-electron chi connectivity index (χ4n) is 1.45. The molecular formula is C12H14F2O3. The van der Waals surface area contributed by atoms with Crippen LogP contribution in [0.2, 0.25) is 0 Å². The van der Waals surface area contributed by atoms with E-state index >= 15 is 0 Å². The summed E-state index contributed by atoms with van der Waals surface area (Å²) >= 11 is 0. The fraction of sp³-hybridized carbons (Fsp3) is 0.417. The van der Waals surface area contributed by atoms with Crippen LogP contribution in [-0.2, 0) is 11.2 Å². The molecule has 0 saturated carbocycles. The van der Waals surface area contributed by atoms with Gasteiger partial charge in [-0.05, 0) is 24.5 Å². The van der Waals surface area contributed by atoms with E-state index in [2.05, 4.69) is 0 Å². The Labute approximate surface area is 98.0 Å². The minimum Gasteiger partial charge on any atom is -0.496 e. The monoisotopic (exact) mass is 244 g/mol. The Kier molecular flexibility index (Phi) is 4.43. The van der Waals surface area contributed by atoms with E-state index in [4.69, 9.17) is 9.84 Å². The highest BCUT2D eigenvalue weighted by Crippen LogP contribution is 2.24. The number of methoxy groups -OCH3 is 1. The van der Waals surface area contributed by atoms with Gasteiger partial charge in [-0.1, -0.05) is 6.92 Å². The second-order valence-corrected chi connectivity index (χ2v) is 3.86. The highest BCUT2D eigenvalue weighted by Gasteiger charge is 2.14. The summed E-state index contributed by atoms with van der Waals surface area (Å²) in [5, 5.41) is 8.72. The van der Waals surface area contributed by atoms with Crippen LogP contribution in [0, 0.1) is 17.6 Å². The lowest BCUT2D eigenvalue weighted by atomic mass is 10.0. The molecule has 0 aromatic heterocycles. The van der Waals surface area contributed by atoms with Gasteiger partial charge in [0.15, 0.2) is 11.6 Å². The minimum atomic E-state index is -0.975. The maximum atomic E-state index is 13.0. The Morgan fingerprint density at radius 3 is 2.53 bits per heavy atom. The topological polar surface area (TPSA) is 46.5 Å². The van der Waals surface area contributed by atoms with Gasteiger partial charge >= 0.3 is 5.97 Å².